The van der Waals surface area contributed by atoms with Crippen LogP contribution in [-0.2, 0) is 9.47 Å². The highest BCUT2D eigenvalue weighted by Crippen LogP contribution is 2.30. The van der Waals surface area contributed by atoms with Crippen LogP contribution in [0.4, 0.5) is 9.59 Å². The summed E-state index contributed by atoms with van der Waals surface area (Å²) in [5.41, 5.74) is 0. The molecule has 2 aliphatic rings. The van der Waals surface area contributed by atoms with Crippen molar-refractivity contribution in [2.45, 2.75) is 44.2 Å². The van der Waals surface area contributed by atoms with Gasteiger partial charge < -0.3 is 19.3 Å². The van der Waals surface area contributed by atoms with E-state index in [0.717, 1.165) is 32.1 Å². The molecular formula is C13H22N2O4. The molecule has 108 valence electrons. The summed E-state index contributed by atoms with van der Waals surface area (Å²) in [4.78, 5) is 27.2. The molecule has 0 aromatic rings. The van der Waals surface area contributed by atoms with E-state index in [4.69, 9.17) is 9.47 Å². The van der Waals surface area contributed by atoms with Gasteiger partial charge in [0.15, 0.2) is 0 Å². The summed E-state index contributed by atoms with van der Waals surface area (Å²) in [5.74, 6) is 0. The van der Waals surface area contributed by atoms with Crippen LogP contribution in [-0.4, -0.2) is 61.4 Å². The predicted octanol–water partition coefficient (Wildman–Crippen LogP) is 1.84. The van der Waals surface area contributed by atoms with Crippen molar-refractivity contribution in [3.63, 3.8) is 0 Å². The Hall–Kier alpha value is -1.46. The molecule has 0 saturated carbocycles. The molecule has 0 radical (unpaired) electrons. The van der Waals surface area contributed by atoms with Gasteiger partial charge in [-0.3, -0.25) is 0 Å². The highest BCUT2D eigenvalue weighted by molar-refractivity contribution is 5.70. The lowest BCUT2D eigenvalue weighted by atomic mass is 9.94. The molecule has 2 atom stereocenters. The van der Waals surface area contributed by atoms with Crippen LogP contribution < -0.4 is 0 Å². The van der Waals surface area contributed by atoms with Gasteiger partial charge in [-0.1, -0.05) is 0 Å². The number of amides is 2. The Morgan fingerprint density at radius 3 is 1.84 bits per heavy atom. The normalized spacial score (nSPS) is 27.3. The fraction of sp³-hybridized carbons (Fsp3) is 0.846. The molecule has 0 N–H and O–H groups in total. The van der Waals surface area contributed by atoms with E-state index in [9.17, 15) is 9.59 Å². The summed E-state index contributed by atoms with van der Waals surface area (Å²) in [6, 6.07) is 0.120. The summed E-state index contributed by atoms with van der Waals surface area (Å²) in [6.07, 6.45) is 4.31. The summed E-state index contributed by atoms with van der Waals surface area (Å²) in [6.45, 7) is 1.42. The number of hydrogen-bond donors (Lipinski definition) is 0. The Morgan fingerprint density at radius 1 is 0.842 bits per heavy atom. The monoisotopic (exact) mass is 270 g/mol. The molecule has 2 fully saturated rings. The lowest BCUT2D eigenvalue weighted by Crippen LogP contribution is -2.54. The van der Waals surface area contributed by atoms with Gasteiger partial charge in [0.1, 0.15) is 0 Å². The van der Waals surface area contributed by atoms with E-state index in [1.807, 2.05) is 0 Å². The van der Waals surface area contributed by atoms with Crippen molar-refractivity contribution in [1.82, 2.24) is 9.80 Å². The van der Waals surface area contributed by atoms with Crippen molar-refractivity contribution in [2.75, 3.05) is 27.3 Å². The highest BCUT2D eigenvalue weighted by atomic mass is 16.5. The fourth-order valence-electron chi connectivity index (χ4n) is 3.24. The average molecular weight is 270 g/mol. The topological polar surface area (TPSA) is 59.1 Å². The van der Waals surface area contributed by atoms with Gasteiger partial charge in [-0.25, -0.2) is 9.59 Å². The van der Waals surface area contributed by atoms with Crippen molar-refractivity contribution in [2.24, 2.45) is 0 Å². The molecule has 2 rings (SSSR count). The van der Waals surface area contributed by atoms with Crippen molar-refractivity contribution < 1.29 is 19.1 Å². The van der Waals surface area contributed by atoms with Gasteiger partial charge in [-0.15, -0.1) is 0 Å². The van der Waals surface area contributed by atoms with E-state index in [1.54, 1.807) is 9.80 Å². The molecule has 2 saturated heterocycles. The number of rotatable bonds is 1. The third-order valence-electron chi connectivity index (χ3n) is 4.11. The Morgan fingerprint density at radius 2 is 1.32 bits per heavy atom. The Balaban J connectivity index is 2.12. The third-order valence-corrected chi connectivity index (χ3v) is 4.11. The minimum Gasteiger partial charge on any atom is -0.453 e. The van der Waals surface area contributed by atoms with Crippen LogP contribution in [0.25, 0.3) is 0 Å². The number of ether oxygens (including phenoxy) is 2. The smallest absolute Gasteiger partial charge is 0.409 e. The number of likely N-dealkylation sites (tertiary alicyclic amines) is 2. The second-order valence-corrected chi connectivity index (χ2v) is 5.10. The molecule has 6 nitrogen and oxygen atoms in total. The Labute approximate surface area is 113 Å². The second-order valence-electron chi connectivity index (χ2n) is 5.10. The van der Waals surface area contributed by atoms with Crippen LogP contribution >= 0.6 is 0 Å². The van der Waals surface area contributed by atoms with Crippen LogP contribution in [0.5, 0.6) is 0 Å². The molecule has 2 unspecified atom stereocenters. The largest absolute Gasteiger partial charge is 0.453 e. The Bertz CT molecular complexity index is 348. The Kier molecular flexibility index (Phi) is 4.50. The molecule has 19 heavy (non-hydrogen) atoms. The molecule has 6 heteroatoms. The third kappa shape index (κ3) is 2.77. The SMILES string of the molecule is COC(=O)N1CCCCC1C1CCCN1C(=O)OC. The van der Waals surface area contributed by atoms with E-state index in [2.05, 4.69) is 0 Å². The zero-order valence-corrected chi connectivity index (χ0v) is 11.6. The summed E-state index contributed by atoms with van der Waals surface area (Å²) < 4.78 is 9.68. The van der Waals surface area contributed by atoms with Crippen molar-refractivity contribution in [3.05, 3.63) is 0 Å². The molecule has 2 heterocycles. The minimum absolute atomic E-state index is 0.0581. The molecular weight excluding hydrogens is 248 g/mol. The second kappa shape index (κ2) is 6.12. The maximum absolute atomic E-state index is 11.8. The number of carbonyl (C=O) groups is 2. The average Bonchev–Trinajstić information content (AvgIpc) is 2.94. The summed E-state index contributed by atoms with van der Waals surface area (Å²) in [5, 5.41) is 0. The molecule has 2 aliphatic heterocycles. The number of nitrogens with zero attached hydrogens (tertiary/aromatic N) is 2. The van der Waals surface area contributed by atoms with E-state index >= 15 is 0 Å². The van der Waals surface area contributed by atoms with E-state index in [0.29, 0.717) is 13.1 Å². The number of piperidine rings is 1. The summed E-state index contributed by atoms with van der Waals surface area (Å²) >= 11 is 0. The number of carbonyl (C=O) groups excluding carboxylic acids is 2. The van der Waals surface area contributed by atoms with E-state index in [1.165, 1.54) is 14.2 Å². The summed E-state index contributed by atoms with van der Waals surface area (Å²) in [7, 11) is 2.80. The standard InChI is InChI=1S/C13H22N2O4/c1-18-12(16)14-8-4-3-6-10(14)11-7-5-9-15(11)13(17)19-2/h10-11H,3-9H2,1-2H3. The number of methoxy groups -OCH3 is 2. The van der Waals surface area contributed by atoms with Crippen LogP contribution in [0, 0.1) is 0 Å². The fourth-order valence-corrected chi connectivity index (χ4v) is 3.24. The first-order valence-corrected chi connectivity index (χ1v) is 6.88. The van der Waals surface area contributed by atoms with Crippen molar-refractivity contribution in [3.8, 4) is 0 Å². The number of hydrogen-bond acceptors (Lipinski definition) is 4. The first-order chi connectivity index (χ1) is 9.19. The molecule has 0 aliphatic carbocycles. The van der Waals surface area contributed by atoms with Crippen molar-refractivity contribution >= 4 is 12.2 Å². The molecule has 0 bridgehead atoms. The maximum atomic E-state index is 11.8. The zero-order chi connectivity index (χ0) is 13.8. The molecule has 2 amide bonds. The molecule has 0 aromatic heterocycles. The van der Waals surface area contributed by atoms with E-state index < -0.39 is 0 Å². The first-order valence-electron chi connectivity index (χ1n) is 6.88. The zero-order valence-electron chi connectivity index (χ0n) is 11.6. The van der Waals surface area contributed by atoms with Crippen LogP contribution in [0.2, 0.25) is 0 Å². The van der Waals surface area contributed by atoms with Gasteiger partial charge in [0.2, 0.25) is 0 Å². The minimum atomic E-state index is -0.294. The first kappa shape index (κ1) is 14.0. The van der Waals surface area contributed by atoms with Gasteiger partial charge in [-0.05, 0) is 32.1 Å². The molecule has 0 aromatic carbocycles. The lowest BCUT2D eigenvalue weighted by Gasteiger charge is -2.40. The highest BCUT2D eigenvalue weighted by Gasteiger charge is 2.41. The van der Waals surface area contributed by atoms with Crippen LogP contribution in [0.3, 0.4) is 0 Å². The quantitative estimate of drug-likeness (QED) is 0.729. The van der Waals surface area contributed by atoms with Gasteiger partial charge in [0.05, 0.1) is 26.3 Å². The van der Waals surface area contributed by atoms with Gasteiger partial charge in [-0.2, -0.15) is 0 Å². The van der Waals surface area contributed by atoms with Crippen LogP contribution in [0.1, 0.15) is 32.1 Å². The van der Waals surface area contributed by atoms with Crippen molar-refractivity contribution in [1.29, 1.82) is 0 Å². The molecule has 0 spiro atoms. The lowest BCUT2D eigenvalue weighted by molar-refractivity contribution is 0.0505. The van der Waals surface area contributed by atoms with E-state index in [-0.39, 0.29) is 24.3 Å². The van der Waals surface area contributed by atoms with Gasteiger partial charge in [0, 0.05) is 13.1 Å². The van der Waals surface area contributed by atoms with Gasteiger partial charge >= 0.3 is 12.2 Å². The predicted molar refractivity (Wildman–Crippen MR) is 68.9 cm³/mol. The maximum Gasteiger partial charge on any atom is 0.409 e. The van der Waals surface area contributed by atoms with Gasteiger partial charge in [0.25, 0.3) is 0 Å². The van der Waals surface area contributed by atoms with Crippen LogP contribution in [0.15, 0.2) is 0 Å².